The summed E-state index contributed by atoms with van der Waals surface area (Å²) in [4.78, 5) is 0. The molecule has 0 heterocycles. The summed E-state index contributed by atoms with van der Waals surface area (Å²) in [6, 6.07) is 0.128. The zero-order chi connectivity index (χ0) is 9.94. The van der Waals surface area contributed by atoms with E-state index >= 15 is 0 Å². The van der Waals surface area contributed by atoms with E-state index in [9.17, 15) is 0 Å². The molecule has 0 aliphatic carbocycles. The maximum absolute atomic E-state index is 5.79. The van der Waals surface area contributed by atoms with Crippen molar-refractivity contribution in [1.82, 2.24) is 0 Å². The Kier molecular flexibility index (Phi) is 9.87. The van der Waals surface area contributed by atoms with Crippen LogP contribution in [0.15, 0.2) is 0 Å². The molecule has 3 heteroatoms. The summed E-state index contributed by atoms with van der Waals surface area (Å²) in [5.74, 6) is 0. The third-order valence-electron chi connectivity index (χ3n) is 1.66. The zero-order valence-electron chi connectivity index (χ0n) is 8.92. The zero-order valence-corrected chi connectivity index (χ0v) is 8.92. The van der Waals surface area contributed by atoms with Crippen molar-refractivity contribution in [3.63, 3.8) is 0 Å². The molecule has 1 unspecified atom stereocenters. The van der Waals surface area contributed by atoms with Crippen LogP contribution >= 0.6 is 0 Å². The summed E-state index contributed by atoms with van der Waals surface area (Å²) < 4.78 is 10.6. The lowest BCUT2D eigenvalue weighted by molar-refractivity contribution is 0.0923. The Bertz CT molecular complexity index is 98.9. The Morgan fingerprint density at radius 3 is 2.23 bits per heavy atom. The van der Waals surface area contributed by atoms with Crippen LogP contribution in [0, 0.1) is 0 Å². The predicted molar refractivity (Wildman–Crippen MR) is 54.8 cm³/mol. The molecule has 0 amide bonds. The fourth-order valence-corrected chi connectivity index (χ4v) is 0.943. The first-order valence-corrected chi connectivity index (χ1v) is 5.22. The molecule has 1 atom stereocenters. The molecule has 2 N–H and O–H groups in total. The van der Waals surface area contributed by atoms with Gasteiger partial charge in [0.25, 0.3) is 0 Å². The minimum absolute atomic E-state index is 0.128. The second kappa shape index (κ2) is 9.96. The van der Waals surface area contributed by atoms with E-state index in [1.54, 1.807) is 0 Å². The van der Waals surface area contributed by atoms with Crippen molar-refractivity contribution >= 4 is 0 Å². The molecule has 80 valence electrons. The number of nitrogens with two attached hydrogens (primary N) is 1. The average molecular weight is 189 g/mol. The van der Waals surface area contributed by atoms with Gasteiger partial charge in [-0.25, -0.2) is 0 Å². The molecule has 0 bridgehead atoms. The van der Waals surface area contributed by atoms with Crippen molar-refractivity contribution in [3.05, 3.63) is 0 Å². The van der Waals surface area contributed by atoms with Gasteiger partial charge in [-0.05, 0) is 19.3 Å². The van der Waals surface area contributed by atoms with E-state index in [1.807, 2.05) is 0 Å². The molecular formula is C10H23NO2. The number of hydrogen-bond acceptors (Lipinski definition) is 3. The molecule has 0 spiro atoms. The van der Waals surface area contributed by atoms with E-state index in [0.29, 0.717) is 6.61 Å². The van der Waals surface area contributed by atoms with Crippen LogP contribution in [0.5, 0.6) is 0 Å². The van der Waals surface area contributed by atoms with Gasteiger partial charge in [-0.15, -0.1) is 0 Å². The number of ether oxygens (including phenoxy) is 2. The van der Waals surface area contributed by atoms with E-state index in [2.05, 4.69) is 13.8 Å². The summed E-state index contributed by atoms with van der Waals surface area (Å²) in [6.07, 6.45) is 3.02. The van der Waals surface area contributed by atoms with Crippen molar-refractivity contribution in [1.29, 1.82) is 0 Å². The minimum Gasteiger partial charge on any atom is -0.381 e. The lowest BCUT2D eigenvalue weighted by Crippen LogP contribution is -2.28. The van der Waals surface area contributed by atoms with Crippen LogP contribution in [-0.4, -0.2) is 32.5 Å². The molecule has 0 aliphatic heterocycles. The van der Waals surface area contributed by atoms with Gasteiger partial charge in [0, 0.05) is 25.9 Å². The van der Waals surface area contributed by atoms with Gasteiger partial charge in [0.05, 0.1) is 6.61 Å². The summed E-state index contributed by atoms with van der Waals surface area (Å²) in [5, 5.41) is 0. The molecule has 0 fully saturated rings. The molecule has 0 aromatic carbocycles. The van der Waals surface area contributed by atoms with Crippen LogP contribution in [0.25, 0.3) is 0 Å². The topological polar surface area (TPSA) is 44.5 Å². The molecule has 0 saturated carbocycles. The first-order valence-electron chi connectivity index (χ1n) is 5.22. The van der Waals surface area contributed by atoms with Crippen LogP contribution in [-0.2, 0) is 9.47 Å². The highest BCUT2D eigenvalue weighted by molar-refractivity contribution is 4.58. The summed E-state index contributed by atoms with van der Waals surface area (Å²) in [5.41, 5.74) is 5.79. The average Bonchev–Trinajstić information content (AvgIpc) is 2.13. The molecule has 0 saturated heterocycles. The molecule has 0 radical (unpaired) electrons. The molecule has 0 aromatic heterocycles. The van der Waals surface area contributed by atoms with Crippen molar-refractivity contribution in [2.45, 2.75) is 39.2 Å². The highest BCUT2D eigenvalue weighted by Gasteiger charge is 2.01. The first-order chi connectivity index (χ1) is 6.31. The van der Waals surface area contributed by atoms with Crippen molar-refractivity contribution in [3.8, 4) is 0 Å². The Morgan fingerprint density at radius 2 is 1.62 bits per heavy atom. The van der Waals surface area contributed by atoms with Gasteiger partial charge in [-0.2, -0.15) is 0 Å². The van der Waals surface area contributed by atoms with Gasteiger partial charge in [0.1, 0.15) is 0 Å². The molecule has 13 heavy (non-hydrogen) atoms. The standard InChI is InChI=1S/C10H23NO2/c1-3-6-12-8-5-10(11)9-13-7-4-2/h10H,3-9,11H2,1-2H3. The van der Waals surface area contributed by atoms with Gasteiger partial charge >= 0.3 is 0 Å². The van der Waals surface area contributed by atoms with E-state index in [1.165, 1.54) is 0 Å². The normalized spacial score (nSPS) is 13.2. The van der Waals surface area contributed by atoms with Crippen molar-refractivity contribution in [2.75, 3.05) is 26.4 Å². The fraction of sp³-hybridized carbons (Fsp3) is 1.00. The molecule has 0 rings (SSSR count). The number of rotatable bonds is 9. The highest BCUT2D eigenvalue weighted by atomic mass is 16.5. The monoisotopic (exact) mass is 189 g/mol. The Morgan fingerprint density at radius 1 is 1.00 bits per heavy atom. The largest absolute Gasteiger partial charge is 0.381 e. The quantitative estimate of drug-likeness (QED) is 0.560. The lowest BCUT2D eigenvalue weighted by Gasteiger charge is -2.11. The maximum atomic E-state index is 5.79. The van der Waals surface area contributed by atoms with Crippen molar-refractivity contribution in [2.24, 2.45) is 5.73 Å². The smallest absolute Gasteiger partial charge is 0.0618 e. The Balaban J connectivity index is 3.05. The third-order valence-corrected chi connectivity index (χ3v) is 1.66. The lowest BCUT2D eigenvalue weighted by atomic mass is 10.2. The van der Waals surface area contributed by atoms with E-state index < -0.39 is 0 Å². The molecule has 0 aliphatic rings. The van der Waals surface area contributed by atoms with Gasteiger partial charge in [-0.1, -0.05) is 13.8 Å². The van der Waals surface area contributed by atoms with Crippen LogP contribution < -0.4 is 5.73 Å². The Labute approximate surface area is 81.6 Å². The van der Waals surface area contributed by atoms with Gasteiger partial charge in [0.2, 0.25) is 0 Å². The number of hydrogen-bond donors (Lipinski definition) is 1. The summed E-state index contributed by atoms with van der Waals surface area (Å²) in [6.45, 7) is 7.25. The van der Waals surface area contributed by atoms with Crippen molar-refractivity contribution < 1.29 is 9.47 Å². The molecule has 0 aromatic rings. The Hall–Kier alpha value is -0.120. The van der Waals surface area contributed by atoms with Crippen LogP contribution in [0.2, 0.25) is 0 Å². The van der Waals surface area contributed by atoms with E-state index in [-0.39, 0.29) is 6.04 Å². The van der Waals surface area contributed by atoms with Gasteiger partial charge in [0.15, 0.2) is 0 Å². The van der Waals surface area contributed by atoms with Gasteiger partial charge < -0.3 is 15.2 Å². The van der Waals surface area contributed by atoms with Gasteiger partial charge in [-0.3, -0.25) is 0 Å². The van der Waals surface area contributed by atoms with Crippen LogP contribution in [0.4, 0.5) is 0 Å². The van der Waals surface area contributed by atoms with Crippen LogP contribution in [0.3, 0.4) is 0 Å². The first kappa shape index (κ1) is 12.9. The SMILES string of the molecule is CCCOCCC(N)COCCC. The fourth-order valence-electron chi connectivity index (χ4n) is 0.943. The third kappa shape index (κ3) is 9.80. The maximum Gasteiger partial charge on any atom is 0.0618 e. The second-order valence-corrected chi connectivity index (χ2v) is 3.24. The van der Waals surface area contributed by atoms with E-state index in [4.69, 9.17) is 15.2 Å². The van der Waals surface area contributed by atoms with E-state index in [0.717, 1.165) is 39.1 Å². The van der Waals surface area contributed by atoms with Crippen LogP contribution in [0.1, 0.15) is 33.1 Å². The summed E-state index contributed by atoms with van der Waals surface area (Å²) >= 11 is 0. The molecule has 3 nitrogen and oxygen atoms in total. The predicted octanol–water partition coefficient (Wildman–Crippen LogP) is 1.56. The minimum atomic E-state index is 0.128. The second-order valence-electron chi connectivity index (χ2n) is 3.24. The highest BCUT2D eigenvalue weighted by Crippen LogP contribution is 1.92. The summed E-state index contributed by atoms with van der Waals surface area (Å²) in [7, 11) is 0. The molecular weight excluding hydrogens is 166 g/mol.